The highest BCUT2D eigenvalue weighted by atomic mass is 16.7. The Morgan fingerprint density at radius 3 is 2.31 bits per heavy atom. The summed E-state index contributed by atoms with van der Waals surface area (Å²) in [6.45, 7) is 4.91. The highest BCUT2D eigenvalue weighted by molar-refractivity contribution is 4.88. The predicted molar refractivity (Wildman–Crippen MR) is 65.1 cm³/mol. The summed E-state index contributed by atoms with van der Waals surface area (Å²) < 4.78 is 16.3. The van der Waals surface area contributed by atoms with E-state index < -0.39 is 0 Å². The highest BCUT2D eigenvalue weighted by Gasteiger charge is 2.27. The zero-order chi connectivity index (χ0) is 12.4. The summed E-state index contributed by atoms with van der Waals surface area (Å²) in [7, 11) is 3.24. The molecule has 0 aromatic carbocycles. The monoisotopic (exact) mass is 228 g/mol. The lowest BCUT2D eigenvalue weighted by molar-refractivity contribution is -0.194. The van der Waals surface area contributed by atoms with Gasteiger partial charge in [0.15, 0.2) is 6.29 Å². The summed E-state index contributed by atoms with van der Waals surface area (Å²) in [4.78, 5) is 0. The molecule has 0 heterocycles. The normalized spacial score (nSPS) is 14.8. The first-order valence-electron chi connectivity index (χ1n) is 5.81. The molecule has 94 valence electrons. The Hall–Kier alpha value is -0.560. The molecular formula is C13H24O3. The number of unbranched alkanes of at least 4 members (excludes halogenated alkanes) is 1. The van der Waals surface area contributed by atoms with Gasteiger partial charge in [0.2, 0.25) is 0 Å². The largest absolute Gasteiger partial charge is 0.373 e. The van der Waals surface area contributed by atoms with Gasteiger partial charge in [-0.3, -0.25) is 0 Å². The third kappa shape index (κ3) is 5.50. The van der Waals surface area contributed by atoms with E-state index in [1.165, 1.54) is 0 Å². The first kappa shape index (κ1) is 15.4. The quantitative estimate of drug-likeness (QED) is 0.345. The maximum absolute atomic E-state index is 5.80. The van der Waals surface area contributed by atoms with E-state index >= 15 is 0 Å². The van der Waals surface area contributed by atoms with E-state index in [4.69, 9.17) is 20.6 Å². The Morgan fingerprint density at radius 1 is 1.25 bits per heavy atom. The maximum Gasteiger partial charge on any atom is 0.183 e. The van der Waals surface area contributed by atoms with Gasteiger partial charge in [-0.1, -0.05) is 20.3 Å². The summed E-state index contributed by atoms with van der Waals surface area (Å²) in [6, 6.07) is 0. The molecule has 0 aliphatic rings. The van der Waals surface area contributed by atoms with Crippen molar-refractivity contribution in [1.29, 1.82) is 0 Å². The minimum atomic E-state index is -0.347. The zero-order valence-corrected chi connectivity index (χ0v) is 10.9. The van der Waals surface area contributed by atoms with Crippen molar-refractivity contribution in [2.45, 2.75) is 45.5 Å². The molecule has 0 aromatic rings. The summed E-state index contributed by atoms with van der Waals surface area (Å²) >= 11 is 0. The van der Waals surface area contributed by atoms with Crippen molar-refractivity contribution in [2.75, 3.05) is 20.8 Å². The fourth-order valence-corrected chi connectivity index (χ4v) is 1.54. The molecule has 0 bridgehead atoms. The summed E-state index contributed by atoms with van der Waals surface area (Å²) in [5, 5.41) is 0. The summed E-state index contributed by atoms with van der Waals surface area (Å²) in [5.41, 5.74) is 0. The number of terminal acetylenes is 1. The van der Waals surface area contributed by atoms with E-state index in [2.05, 4.69) is 19.8 Å². The van der Waals surface area contributed by atoms with Crippen molar-refractivity contribution in [3.8, 4) is 12.3 Å². The van der Waals surface area contributed by atoms with Crippen LogP contribution in [0.1, 0.15) is 33.1 Å². The molecule has 0 N–H and O–H groups in total. The van der Waals surface area contributed by atoms with Crippen LogP contribution in [0.15, 0.2) is 0 Å². The lowest BCUT2D eigenvalue weighted by atomic mass is 10.0. The molecule has 0 fully saturated rings. The van der Waals surface area contributed by atoms with E-state index in [1.807, 2.05) is 0 Å². The molecular weight excluding hydrogens is 204 g/mol. The molecule has 0 saturated heterocycles. The minimum Gasteiger partial charge on any atom is -0.373 e. The second-order valence-electron chi connectivity index (χ2n) is 3.91. The smallest absolute Gasteiger partial charge is 0.183 e. The van der Waals surface area contributed by atoms with Crippen LogP contribution in [0.25, 0.3) is 0 Å². The van der Waals surface area contributed by atoms with Crippen LogP contribution in [-0.4, -0.2) is 33.2 Å². The summed E-state index contributed by atoms with van der Waals surface area (Å²) in [6.07, 6.45) is 7.69. The molecule has 2 atom stereocenters. The molecule has 0 unspecified atom stereocenters. The van der Waals surface area contributed by atoms with Crippen LogP contribution in [0.2, 0.25) is 0 Å². The van der Waals surface area contributed by atoms with Gasteiger partial charge in [0.05, 0.1) is 0 Å². The predicted octanol–water partition coefficient (Wildman–Crippen LogP) is 2.45. The van der Waals surface area contributed by atoms with Crippen molar-refractivity contribution in [3.63, 3.8) is 0 Å². The Labute approximate surface area is 99.5 Å². The molecule has 0 aliphatic heterocycles. The fraction of sp³-hybridized carbons (Fsp3) is 0.846. The minimum absolute atomic E-state index is 0.0994. The lowest BCUT2D eigenvalue weighted by Crippen LogP contribution is -2.37. The molecule has 3 heteroatoms. The van der Waals surface area contributed by atoms with Gasteiger partial charge in [0, 0.05) is 27.2 Å². The van der Waals surface area contributed by atoms with Gasteiger partial charge in [0.25, 0.3) is 0 Å². The second-order valence-corrected chi connectivity index (χ2v) is 3.91. The lowest BCUT2D eigenvalue weighted by Gasteiger charge is -2.29. The molecule has 0 aromatic heterocycles. The van der Waals surface area contributed by atoms with Crippen LogP contribution in [0.4, 0.5) is 0 Å². The topological polar surface area (TPSA) is 27.7 Å². The molecule has 0 aliphatic carbocycles. The first-order chi connectivity index (χ1) is 7.71. The van der Waals surface area contributed by atoms with Crippen LogP contribution in [-0.2, 0) is 14.2 Å². The Morgan fingerprint density at radius 2 is 1.88 bits per heavy atom. The van der Waals surface area contributed by atoms with Crippen molar-refractivity contribution < 1.29 is 14.2 Å². The van der Waals surface area contributed by atoms with Crippen LogP contribution in [0.3, 0.4) is 0 Å². The SMILES string of the molecule is C#CC[C@@H](C)[C@H](OCCCC)C(OC)OC. The first-order valence-corrected chi connectivity index (χ1v) is 5.81. The number of ether oxygens (including phenoxy) is 3. The zero-order valence-electron chi connectivity index (χ0n) is 10.9. The number of rotatable bonds is 9. The molecule has 3 nitrogen and oxygen atoms in total. The van der Waals surface area contributed by atoms with Crippen LogP contribution < -0.4 is 0 Å². The van der Waals surface area contributed by atoms with Crippen molar-refractivity contribution in [2.24, 2.45) is 5.92 Å². The van der Waals surface area contributed by atoms with Gasteiger partial charge in [-0.05, 0) is 12.3 Å². The number of hydrogen-bond donors (Lipinski definition) is 0. The van der Waals surface area contributed by atoms with Crippen molar-refractivity contribution in [1.82, 2.24) is 0 Å². The molecule has 0 rings (SSSR count). The van der Waals surface area contributed by atoms with E-state index in [0.29, 0.717) is 6.42 Å². The van der Waals surface area contributed by atoms with Gasteiger partial charge >= 0.3 is 0 Å². The van der Waals surface area contributed by atoms with Crippen LogP contribution in [0, 0.1) is 18.3 Å². The van der Waals surface area contributed by atoms with Gasteiger partial charge < -0.3 is 14.2 Å². The van der Waals surface area contributed by atoms with Crippen LogP contribution >= 0.6 is 0 Å². The van der Waals surface area contributed by atoms with E-state index in [-0.39, 0.29) is 18.3 Å². The molecule has 0 amide bonds. The van der Waals surface area contributed by atoms with Gasteiger partial charge in [-0.2, -0.15) is 0 Å². The van der Waals surface area contributed by atoms with E-state index in [1.54, 1.807) is 14.2 Å². The standard InChI is InChI=1S/C13H24O3/c1-6-8-10-16-12(11(3)9-7-2)13(14-4)15-5/h2,11-13H,6,8-10H2,1,3-5H3/t11-,12+/m1/s1. The Kier molecular flexibility index (Phi) is 9.31. The second kappa shape index (κ2) is 9.65. The molecule has 0 saturated carbocycles. The van der Waals surface area contributed by atoms with E-state index in [0.717, 1.165) is 19.4 Å². The number of hydrogen-bond acceptors (Lipinski definition) is 3. The molecule has 0 spiro atoms. The average molecular weight is 228 g/mol. The maximum atomic E-state index is 5.80. The Bertz CT molecular complexity index is 194. The third-order valence-corrected chi connectivity index (χ3v) is 2.54. The number of methoxy groups -OCH3 is 2. The van der Waals surface area contributed by atoms with Gasteiger partial charge in [-0.25, -0.2) is 0 Å². The molecule has 0 radical (unpaired) electrons. The van der Waals surface area contributed by atoms with E-state index in [9.17, 15) is 0 Å². The van der Waals surface area contributed by atoms with Gasteiger partial charge in [-0.15, -0.1) is 12.3 Å². The third-order valence-electron chi connectivity index (χ3n) is 2.54. The van der Waals surface area contributed by atoms with Crippen molar-refractivity contribution in [3.05, 3.63) is 0 Å². The Balaban J connectivity index is 4.30. The summed E-state index contributed by atoms with van der Waals surface area (Å²) in [5.74, 6) is 2.88. The fourth-order valence-electron chi connectivity index (χ4n) is 1.54. The average Bonchev–Trinajstić information content (AvgIpc) is 2.29. The van der Waals surface area contributed by atoms with Crippen molar-refractivity contribution >= 4 is 0 Å². The molecule has 16 heavy (non-hydrogen) atoms. The van der Waals surface area contributed by atoms with Crippen LogP contribution in [0.5, 0.6) is 0 Å². The van der Waals surface area contributed by atoms with Gasteiger partial charge in [0.1, 0.15) is 6.10 Å². The highest BCUT2D eigenvalue weighted by Crippen LogP contribution is 2.18.